The van der Waals surface area contributed by atoms with Crippen LogP contribution in [0.5, 0.6) is 0 Å². The highest BCUT2D eigenvalue weighted by molar-refractivity contribution is 5.97. The Balaban J connectivity index is 5.27. The lowest BCUT2D eigenvalue weighted by Gasteiger charge is -2.20. The molecule has 0 saturated heterocycles. The molecule has 0 fully saturated rings. The quantitative estimate of drug-likeness (QED) is 0.0572. The maximum absolute atomic E-state index is 12.7. The summed E-state index contributed by atoms with van der Waals surface area (Å²) in [6.45, 7) is 16.6. The van der Waals surface area contributed by atoms with Crippen LogP contribution in [0.25, 0.3) is 0 Å². The summed E-state index contributed by atoms with van der Waals surface area (Å²) in [5.74, 6) is -7.59. The third-order valence-corrected chi connectivity index (χ3v) is 6.43. The van der Waals surface area contributed by atoms with Crippen LogP contribution in [0.2, 0.25) is 0 Å². The van der Waals surface area contributed by atoms with E-state index in [9.17, 15) is 28.8 Å². The first kappa shape index (κ1) is 41.3. The number of unbranched alkanes of at least 4 members (excludes halogenated alkanes) is 4. The summed E-state index contributed by atoms with van der Waals surface area (Å²) in [5, 5.41) is 0. The van der Waals surface area contributed by atoms with E-state index in [0.29, 0.717) is 25.7 Å². The maximum Gasteiger partial charge on any atom is 0.334 e. The van der Waals surface area contributed by atoms with Crippen LogP contribution in [-0.4, -0.2) is 75.0 Å². The van der Waals surface area contributed by atoms with Crippen molar-refractivity contribution in [2.45, 2.75) is 105 Å². The lowest BCUT2D eigenvalue weighted by atomic mass is 9.96. The Bertz CT molecular complexity index is 986. The molecule has 3 unspecified atom stereocenters. The molecule has 0 spiro atoms. The van der Waals surface area contributed by atoms with Crippen LogP contribution in [0.4, 0.5) is 0 Å². The first-order valence-electron chi connectivity index (χ1n) is 15.8. The van der Waals surface area contributed by atoms with E-state index in [0.717, 1.165) is 25.7 Å². The highest BCUT2D eigenvalue weighted by Crippen LogP contribution is 2.21. The van der Waals surface area contributed by atoms with E-state index in [1.165, 1.54) is 6.92 Å². The second-order valence-corrected chi connectivity index (χ2v) is 10.6. The number of carbonyl (C=O) groups excluding carboxylic acids is 6. The Morgan fingerprint density at radius 1 is 0.533 bits per heavy atom. The Kier molecular flexibility index (Phi) is 22.6. The molecule has 0 aliphatic carbocycles. The van der Waals surface area contributed by atoms with Crippen LogP contribution in [0.15, 0.2) is 24.3 Å². The van der Waals surface area contributed by atoms with Gasteiger partial charge >= 0.3 is 35.8 Å². The molecule has 0 heterocycles. The van der Waals surface area contributed by atoms with Crippen LogP contribution in [0, 0.1) is 11.8 Å². The van der Waals surface area contributed by atoms with E-state index in [2.05, 4.69) is 13.2 Å². The molecule has 45 heavy (non-hydrogen) atoms. The van der Waals surface area contributed by atoms with Crippen molar-refractivity contribution in [3.8, 4) is 0 Å². The fraction of sp³-hybridized carbons (Fsp3) is 0.697. The maximum atomic E-state index is 12.7. The fourth-order valence-electron chi connectivity index (χ4n) is 3.53. The zero-order chi connectivity index (χ0) is 34.2. The minimum atomic E-state index is -1.32. The number of ether oxygens (including phenoxy) is 6. The summed E-state index contributed by atoms with van der Waals surface area (Å²) in [6, 6.07) is 0. The number of hydrogen-bond donors (Lipinski definition) is 0. The smallest absolute Gasteiger partial charge is 0.334 e. The number of hydrogen-bond acceptors (Lipinski definition) is 12. The van der Waals surface area contributed by atoms with Gasteiger partial charge in [0.2, 0.25) is 0 Å². The number of esters is 6. The van der Waals surface area contributed by atoms with Gasteiger partial charge in [-0.15, -0.1) is 0 Å². The summed E-state index contributed by atoms with van der Waals surface area (Å²) < 4.78 is 31.2. The van der Waals surface area contributed by atoms with Gasteiger partial charge in [0.15, 0.2) is 0 Å². The SMILES string of the molecule is C=C(C(=O)OCCCC)C(CC(=O)OCC(C)OC(=O)CC(C(=C)C(=O)OCCCC)C(=O)OCCCC)C(=O)OCCCC. The average molecular weight is 641 g/mol. The fourth-order valence-corrected chi connectivity index (χ4v) is 3.53. The zero-order valence-corrected chi connectivity index (χ0v) is 27.7. The molecule has 0 bridgehead atoms. The van der Waals surface area contributed by atoms with Gasteiger partial charge in [-0.05, 0) is 32.6 Å². The average Bonchev–Trinajstić information content (AvgIpc) is 3.00. The second kappa shape index (κ2) is 24.6. The standard InChI is InChI=1S/C33H52O12/c1-8-12-16-40-30(36)24(6)26(32(38)42-18-14-10-3)20-28(34)44-22-23(5)45-29(35)21-27(33(39)43-19-15-11-4)25(7)31(37)41-17-13-9-2/h23,26-27H,6-22H2,1-5H3. The summed E-state index contributed by atoms with van der Waals surface area (Å²) in [4.78, 5) is 75.6. The molecule has 0 saturated carbocycles. The Hall–Kier alpha value is -3.70. The van der Waals surface area contributed by atoms with Crippen molar-refractivity contribution in [3.63, 3.8) is 0 Å². The largest absolute Gasteiger partial charge is 0.465 e. The van der Waals surface area contributed by atoms with Crippen molar-refractivity contribution in [1.82, 2.24) is 0 Å². The first-order valence-corrected chi connectivity index (χ1v) is 15.8. The Morgan fingerprint density at radius 2 is 0.889 bits per heavy atom. The van der Waals surface area contributed by atoms with Crippen molar-refractivity contribution in [3.05, 3.63) is 24.3 Å². The minimum absolute atomic E-state index is 0.113. The predicted molar refractivity (Wildman–Crippen MR) is 164 cm³/mol. The van der Waals surface area contributed by atoms with Crippen LogP contribution >= 0.6 is 0 Å². The van der Waals surface area contributed by atoms with Crippen LogP contribution in [0.3, 0.4) is 0 Å². The topological polar surface area (TPSA) is 158 Å². The molecule has 12 heteroatoms. The van der Waals surface area contributed by atoms with Gasteiger partial charge < -0.3 is 28.4 Å². The summed E-state index contributed by atoms with van der Waals surface area (Å²) in [6.07, 6.45) is 3.54. The molecule has 0 aliphatic heterocycles. The molecule has 256 valence electrons. The minimum Gasteiger partial charge on any atom is -0.465 e. The van der Waals surface area contributed by atoms with E-state index in [1.807, 2.05) is 27.7 Å². The van der Waals surface area contributed by atoms with Gasteiger partial charge in [-0.25, -0.2) is 9.59 Å². The highest BCUT2D eigenvalue weighted by Gasteiger charge is 2.33. The van der Waals surface area contributed by atoms with Gasteiger partial charge in [0.1, 0.15) is 12.7 Å². The molecular weight excluding hydrogens is 588 g/mol. The molecule has 0 amide bonds. The third kappa shape index (κ3) is 18.0. The molecule has 12 nitrogen and oxygen atoms in total. The second-order valence-electron chi connectivity index (χ2n) is 10.6. The molecule has 3 atom stereocenters. The van der Waals surface area contributed by atoms with E-state index < -0.39 is 66.6 Å². The molecule has 0 aromatic rings. The van der Waals surface area contributed by atoms with E-state index >= 15 is 0 Å². The Morgan fingerprint density at radius 3 is 1.27 bits per heavy atom. The van der Waals surface area contributed by atoms with Gasteiger partial charge in [-0.1, -0.05) is 66.5 Å². The summed E-state index contributed by atoms with van der Waals surface area (Å²) >= 11 is 0. The van der Waals surface area contributed by atoms with Crippen LogP contribution in [0.1, 0.15) is 98.8 Å². The van der Waals surface area contributed by atoms with Crippen molar-refractivity contribution < 1.29 is 57.2 Å². The lowest BCUT2D eigenvalue weighted by Crippen LogP contribution is -2.31. The number of carbonyl (C=O) groups is 6. The molecule has 0 rings (SSSR count). The lowest BCUT2D eigenvalue weighted by molar-refractivity contribution is -0.163. The predicted octanol–water partition coefficient (Wildman–Crippen LogP) is 4.96. The van der Waals surface area contributed by atoms with Gasteiger partial charge in [0.05, 0.1) is 51.1 Å². The first-order chi connectivity index (χ1) is 21.4. The van der Waals surface area contributed by atoms with Gasteiger partial charge in [0, 0.05) is 11.1 Å². The third-order valence-electron chi connectivity index (χ3n) is 6.43. The number of rotatable bonds is 25. The van der Waals surface area contributed by atoms with E-state index in [-0.39, 0.29) is 44.2 Å². The Labute approximate surface area is 267 Å². The summed E-state index contributed by atoms with van der Waals surface area (Å²) in [5.41, 5.74) is -0.455. The summed E-state index contributed by atoms with van der Waals surface area (Å²) in [7, 11) is 0. The molecule has 0 radical (unpaired) electrons. The monoisotopic (exact) mass is 640 g/mol. The van der Waals surface area contributed by atoms with Gasteiger partial charge in [-0.2, -0.15) is 0 Å². The van der Waals surface area contributed by atoms with Crippen molar-refractivity contribution >= 4 is 35.8 Å². The van der Waals surface area contributed by atoms with Crippen molar-refractivity contribution in [1.29, 1.82) is 0 Å². The van der Waals surface area contributed by atoms with Crippen molar-refractivity contribution in [2.75, 3.05) is 33.0 Å². The van der Waals surface area contributed by atoms with Gasteiger partial charge in [-0.3, -0.25) is 19.2 Å². The highest BCUT2D eigenvalue weighted by atomic mass is 16.6. The zero-order valence-electron chi connectivity index (χ0n) is 27.7. The van der Waals surface area contributed by atoms with Gasteiger partial charge in [0.25, 0.3) is 0 Å². The molecule has 0 aromatic heterocycles. The molecule has 0 aromatic carbocycles. The van der Waals surface area contributed by atoms with E-state index in [4.69, 9.17) is 28.4 Å². The van der Waals surface area contributed by atoms with Crippen molar-refractivity contribution in [2.24, 2.45) is 11.8 Å². The van der Waals surface area contributed by atoms with E-state index in [1.54, 1.807) is 0 Å². The molecule has 0 aliphatic rings. The molecular formula is C33H52O12. The van der Waals surface area contributed by atoms with Crippen LogP contribution < -0.4 is 0 Å². The normalized spacial score (nSPS) is 12.6. The molecule has 0 N–H and O–H groups in total. The van der Waals surface area contributed by atoms with Crippen LogP contribution in [-0.2, 0) is 57.2 Å².